The Bertz CT molecular complexity index is 683. The zero-order chi connectivity index (χ0) is 17.5. The van der Waals surface area contributed by atoms with Crippen molar-refractivity contribution in [2.24, 2.45) is 0 Å². The van der Waals surface area contributed by atoms with Crippen LogP contribution in [0.2, 0.25) is 0 Å². The number of hydrogen-bond donors (Lipinski definition) is 1. The van der Waals surface area contributed by atoms with Crippen molar-refractivity contribution >= 4 is 11.9 Å². The smallest absolute Gasteiger partial charge is 0.227 e. The van der Waals surface area contributed by atoms with E-state index in [4.69, 9.17) is 0 Å². The SMILES string of the molecule is CC[C@H](C(=O)NCc1ccnc(N2CCCCC2)n1)c1ccccc1. The van der Waals surface area contributed by atoms with E-state index in [1.54, 1.807) is 6.20 Å². The summed E-state index contributed by atoms with van der Waals surface area (Å²) in [7, 11) is 0. The van der Waals surface area contributed by atoms with Crippen LogP contribution >= 0.6 is 0 Å². The second-order valence-electron chi connectivity index (χ2n) is 6.49. The van der Waals surface area contributed by atoms with Gasteiger partial charge in [0.15, 0.2) is 0 Å². The molecule has 5 nitrogen and oxygen atoms in total. The van der Waals surface area contributed by atoms with Gasteiger partial charge in [0.1, 0.15) is 0 Å². The number of anilines is 1. The fraction of sp³-hybridized carbons (Fsp3) is 0.450. The van der Waals surface area contributed by atoms with Crippen LogP contribution < -0.4 is 10.2 Å². The molecule has 0 radical (unpaired) electrons. The van der Waals surface area contributed by atoms with Crippen LogP contribution in [0.25, 0.3) is 0 Å². The molecule has 1 aromatic heterocycles. The number of aromatic nitrogens is 2. The average Bonchev–Trinajstić information content (AvgIpc) is 2.69. The second-order valence-corrected chi connectivity index (χ2v) is 6.49. The van der Waals surface area contributed by atoms with E-state index in [1.165, 1.54) is 19.3 Å². The summed E-state index contributed by atoms with van der Waals surface area (Å²) in [6.45, 7) is 4.51. The zero-order valence-electron chi connectivity index (χ0n) is 14.8. The lowest BCUT2D eigenvalue weighted by Gasteiger charge is -2.26. The lowest BCUT2D eigenvalue weighted by atomic mass is 9.96. The van der Waals surface area contributed by atoms with Crippen molar-refractivity contribution in [3.8, 4) is 0 Å². The van der Waals surface area contributed by atoms with Gasteiger partial charge in [0.05, 0.1) is 18.2 Å². The van der Waals surface area contributed by atoms with Gasteiger partial charge in [0.25, 0.3) is 0 Å². The van der Waals surface area contributed by atoms with E-state index in [-0.39, 0.29) is 11.8 Å². The maximum Gasteiger partial charge on any atom is 0.227 e. The van der Waals surface area contributed by atoms with E-state index >= 15 is 0 Å². The number of carbonyl (C=O) groups excluding carboxylic acids is 1. The average molecular weight is 338 g/mol. The summed E-state index contributed by atoms with van der Waals surface area (Å²) in [6.07, 6.45) is 6.23. The van der Waals surface area contributed by atoms with Crippen LogP contribution in [-0.2, 0) is 11.3 Å². The van der Waals surface area contributed by atoms with Crippen molar-refractivity contribution in [3.63, 3.8) is 0 Å². The predicted molar refractivity (Wildman–Crippen MR) is 99.4 cm³/mol. The lowest BCUT2D eigenvalue weighted by molar-refractivity contribution is -0.122. The largest absolute Gasteiger partial charge is 0.350 e. The standard InChI is InChI=1S/C20H26N4O/c1-2-18(16-9-5-3-6-10-16)19(25)22-15-17-11-12-21-20(23-17)24-13-7-4-8-14-24/h3,5-6,9-12,18H,2,4,7-8,13-15H2,1H3,(H,22,25)/t18-/m0/s1. The van der Waals surface area contributed by atoms with Gasteiger partial charge in [-0.25, -0.2) is 9.97 Å². The highest BCUT2D eigenvalue weighted by Gasteiger charge is 2.18. The van der Waals surface area contributed by atoms with Crippen molar-refractivity contribution in [1.82, 2.24) is 15.3 Å². The Morgan fingerprint density at radius 2 is 1.92 bits per heavy atom. The van der Waals surface area contributed by atoms with Gasteiger partial charge in [-0.2, -0.15) is 0 Å². The highest BCUT2D eigenvalue weighted by molar-refractivity contribution is 5.83. The fourth-order valence-electron chi connectivity index (χ4n) is 3.29. The molecule has 0 aliphatic carbocycles. The third-order valence-corrected chi connectivity index (χ3v) is 4.71. The van der Waals surface area contributed by atoms with Gasteiger partial charge < -0.3 is 10.2 Å². The van der Waals surface area contributed by atoms with Crippen molar-refractivity contribution in [3.05, 3.63) is 53.9 Å². The van der Waals surface area contributed by atoms with Gasteiger partial charge in [0, 0.05) is 19.3 Å². The van der Waals surface area contributed by atoms with Crippen LogP contribution in [0, 0.1) is 0 Å². The number of benzene rings is 1. The van der Waals surface area contributed by atoms with E-state index in [0.29, 0.717) is 6.54 Å². The summed E-state index contributed by atoms with van der Waals surface area (Å²) in [6, 6.07) is 11.8. The Kier molecular flexibility index (Phi) is 5.99. The minimum absolute atomic E-state index is 0.0480. The third kappa shape index (κ3) is 4.56. The molecule has 0 saturated carbocycles. The number of amides is 1. The van der Waals surface area contributed by atoms with Gasteiger partial charge in [-0.15, -0.1) is 0 Å². The molecular formula is C20H26N4O. The first-order chi connectivity index (χ1) is 12.3. The minimum Gasteiger partial charge on any atom is -0.350 e. The monoisotopic (exact) mass is 338 g/mol. The van der Waals surface area contributed by atoms with Crippen LogP contribution in [0.1, 0.15) is 49.8 Å². The normalized spacial score (nSPS) is 15.6. The maximum atomic E-state index is 12.6. The molecule has 1 aliphatic rings. The molecule has 132 valence electrons. The number of carbonyl (C=O) groups is 1. The fourth-order valence-corrected chi connectivity index (χ4v) is 3.29. The molecule has 3 rings (SSSR count). The molecule has 0 unspecified atom stereocenters. The topological polar surface area (TPSA) is 58.1 Å². The van der Waals surface area contributed by atoms with Crippen LogP contribution in [0.15, 0.2) is 42.6 Å². The molecule has 25 heavy (non-hydrogen) atoms. The number of piperidine rings is 1. The zero-order valence-corrected chi connectivity index (χ0v) is 14.8. The van der Waals surface area contributed by atoms with Crippen molar-refractivity contribution < 1.29 is 4.79 Å². The lowest BCUT2D eigenvalue weighted by Crippen LogP contribution is -2.32. The van der Waals surface area contributed by atoms with E-state index < -0.39 is 0 Å². The molecule has 1 amide bonds. The summed E-state index contributed by atoms with van der Waals surface area (Å²) in [5, 5.41) is 3.03. The molecule has 1 saturated heterocycles. The van der Waals surface area contributed by atoms with Crippen molar-refractivity contribution in [2.75, 3.05) is 18.0 Å². The molecule has 1 aliphatic heterocycles. The molecule has 2 aromatic rings. The minimum atomic E-state index is -0.121. The number of rotatable bonds is 6. The highest BCUT2D eigenvalue weighted by Crippen LogP contribution is 2.19. The van der Waals surface area contributed by atoms with Crippen LogP contribution in [0.4, 0.5) is 5.95 Å². The van der Waals surface area contributed by atoms with E-state index in [9.17, 15) is 4.79 Å². The van der Waals surface area contributed by atoms with Crippen molar-refractivity contribution in [1.29, 1.82) is 0 Å². The third-order valence-electron chi connectivity index (χ3n) is 4.71. The molecule has 1 atom stereocenters. The number of nitrogens with zero attached hydrogens (tertiary/aromatic N) is 3. The highest BCUT2D eigenvalue weighted by atomic mass is 16.1. The Labute approximate surface area is 149 Å². The summed E-state index contributed by atoms with van der Waals surface area (Å²) in [5.41, 5.74) is 1.91. The van der Waals surface area contributed by atoms with Crippen LogP contribution in [0.5, 0.6) is 0 Å². The Balaban J connectivity index is 1.61. The van der Waals surface area contributed by atoms with Crippen LogP contribution in [0.3, 0.4) is 0 Å². The molecular weight excluding hydrogens is 312 g/mol. The molecule has 0 bridgehead atoms. The quantitative estimate of drug-likeness (QED) is 0.878. The number of hydrogen-bond acceptors (Lipinski definition) is 4. The first-order valence-corrected chi connectivity index (χ1v) is 9.17. The Morgan fingerprint density at radius 3 is 2.64 bits per heavy atom. The second kappa shape index (κ2) is 8.60. The molecule has 0 spiro atoms. The Hall–Kier alpha value is -2.43. The summed E-state index contributed by atoms with van der Waals surface area (Å²) in [5.74, 6) is 0.706. The molecule has 1 aromatic carbocycles. The Morgan fingerprint density at radius 1 is 1.16 bits per heavy atom. The van der Waals surface area contributed by atoms with Crippen molar-refractivity contribution in [2.45, 2.75) is 45.1 Å². The molecule has 2 heterocycles. The molecule has 5 heteroatoms. The van der Waals surface area contributed by atoms with Gasteiger partial charge in [-0.1, -0.05) is 37.3 Å². The van der Waals surface area contributed by atoms with E-state index in [0.717, 1.165) is 36.7 Å². The number of nitrogens with one attached hydrogen (secondary N) is 1. The van der Waals surface area contributed by atoms with Crippen LogP contribution in [-0.4, -0.2) is 29.0 Å². The predicted octanol–water partition coefficient (Wildman–Crippen LogP) is 3.28. The van der Waals surface area contributed by atoms with Gasteiger partial charge in [0.2, 0.25) is 11.9 Å². The van der Waals surface area contributed by atoms with Gasteiger partial charge in [-0.05, 0) is 37.3 Å². The summed E-state index contributed by atoms with van der Waals surface area (Å²) < 4.78 is 0. The van der Waals surface area contributed by atoms with E-state index in [2.05, 4.69) is 20.2 Å². The first kappa shape index (κ1) is 17.4. The molecule has 1 N–H and O–H groups in total. The van der Waals surface area contributed by atoms with Gasteiger partial charge >= 0.3 is 0 Å². The van der Waals surface area contributed by atoms with E-state index in [1.807, 2.05) is 43.3 Å². The summed E-state index contributed by atoms with van der Waals surface area (Å²) in [4.78, 5) is 23.8. The molecule has 1 fully saturated rings. The first-order valence-electron chi connectivity index (χ1n) is 9.17. The van der Waals surface area contributed by atoms with Gasteiger partial charge in [-0.3, -0.25) is 4.79 Å². The summed E-state index contributed by atoms with van der Waals surface area (Å²) >= 11 is 0. The maximum absolute atomic E-state index is 12.6.